The summed E-state index contributed by atoms with van der Waals surface area (Å²) in [7, 11) is 0. The highest BCUT2D eigenvalue weighted by Crippen LogP contribution is 2.26. The highest BCUT2D eigenvalue weighted by molar-refractivity contribution is 5.77. The number of piperidine rings is 1. The van der Waals surface area contributed by atoms with E-state index in [1.807, 2.05) is 0 Å². The van der Waals surface area contributed by atoms with E-state index in [1.54, 1.807) is 0 Å². The van der Waals surface area contributed by atoms with E-state index >= 15 is 0 Å². The van der Waals surface area contributed by atoms with Crippen LogP contribution in [0.3, 0.4) is 0 Å². The Hall–Kier alpha value is -0.610. The molecule has 0 radical (unpaired) electrons. The van der Waals surface area contributed by atoms with Gasteiger partial charge in [0.25, 0.3) is 0 Å². The van der Waals surface area contributed by atoms with Crippen LogP contribution in [0.1, 0.15) is 45.4 Å². The zero-order valence-corrected chi connectivity index (χ0v) is 11.4. The highest BCUT2D eigenvalue weighted by atomic mass is 16.5. The Labute approximate surface area is 110 Å². The number of rotatable bonds is 4. The highest BCUT2D eigenvalue weighted by Gasteiger charge is 2.23. The molecule has 0 bridgehead atoms. The average molecular weight is 254 g/mol. The third-order valence-electron chi connectivity index (χ3n) is 4.12. The van der Waals surface area contributed by atoms with Crippen LogP contribution >= 0.6 is 0 Å². The molecule has 1 saturated heterocycles. The molecule has 2 N–H and O–H groups in total. The first-order valence-corrected chi connectivity index (χ1v) is 7.37. The maximum atomic E-state index is 11.8. The lowest BCUT2D eigenvalue weighted by Crippen LogP contribution is -2.47. The molecule has 2 fully saturated rings. The fourth-order valence-electron chi connectivity index (χ4n) is 2.96. The first-order valence-electron chi connectivity index (χ1n) is 7.37. The van der Waals surface area contributed by atoms with E-state index < -0.39 is 0 Å². The quantitative estimate of drug-likeness (QED) is 0.798. The number of carbonyl (C=O) groups excluding carboxylic acids is 1. The molecule has 0 spiro atoms. The Kier molecular flexibility index (Phi) is 5.45. The molecular formula is C14H26N2O2. The van der Waals surface area contributed by atoms with E-state index in [4.69, 9.17) is 4.74 Å². The van der Waals surface area contributed by atoms with Crippen molar-refractivity contribution in [1.29, 1.82) is 0 Å². The molecule has 2 unspecified atom stereocenters. The Bertz CT molecular complexity index is 265. The molecule has 0 aromatic carbocycles. The van der Waals surface area contributed by atoms with Crippen LogP contribution in [-0.4, -0.2) is 37.7 Å². The van der Waals surface area contributed by atoms with Gasteiger partial charge >= 0.3 is 0 Å². The van der Waals surface area contributed by atoms with Gasteiger partial charge in [-0.3, -0.25) is 4.79 Å². The van der Waals surface area contributed by atoms with Crippen molar-refractivity contribution >= 4 is 5.91 Å². The van der Waals surface area contributed by atoms with Gasteiger partial charge < -0.3 is 15.4 Å². The lowest BCUT2D eigenvalue weighted by Gasteiger charge is -2.29. The molecule has 1 aliphatic heterocycles. The molecule has 3 atom stereocenters. The van der Waals surface area contributed by atoms with E-state index in [-0.39, 0.29) is 18.6 Å². The van der Waals surface area contributed by atoms with E-state index in [0.717, 1.165) is 32.4 Å². The molecule has 0 aromatic rings. The van der Waals surface area contributed by atoms with Crippen LogP contribution in [0.4, 0.5) is 0 Å². The number of hydrogen-bond donors (Lipinski definition) is 2. The minimum atomic E-state index is 0.0430. The van der Waals surface area contributed by atoms with Crippen LogP contribution in [0.15, 0.2) is 0 Å². The zero-order valence-electron chi connectivity index (χ0n) is 11.4. The Morgan fingerprint density at radius 1 is 1.28 bits per heavy atom. The minimum absolute atomic E-state index is 0.0430. The van der Waals surface area contributed by atoms with E-state index in [0.29, 0.717) is 12.0 Å². The molecule has 18 heavy (non-hydrogen) atoms. The van der Waals surface area contributed by atoms with Crippen molar-refractivity contribution in [3.05, 3.63) is 0 Å². The number of nitrogens with one attached hydrogen (secondary N) is 2. The Balaban J connectivity index is 1.64. The summed E-state index contributed by atoms with van der Waals surface area (Å²) in [6, 6.07) is 0.290. The second kappa shape index (κ2) is 7.10. The van der Waals surface area contributed by atoms with Gasteiger partial charge in [-0.1, -0.05) is 19.8 Å². The van der Waals surface area contributed by atoms with Gasteiger partial charge in [0, 0.05) is 12.6 Å². The number of ether oxygens (including phenoxy) is 1. The topological polar surface area (TPSA) is 50.4 Å². The molecule has 4 heteroatoms. The van der Waals surface area contributed by atoms with Gasteiger partial charge in [0.05, 0.1) is 6.10 Å². The predicted octanol–water partition coefficient (Wildman–Crippen LogP) is 1.45. The zero-order chi connectivity index (χ0) is 12.8. The van der Waals surface area contributed by atoms with Gasteiger partial charge in [-0.25, -0.2) is 0 Å². The maximum Gasteiger partial charge on any atom is 0.246 e. The van der Waals surface area contributed by atoms with Crippen LogP contribution in [-0.2, 0) is 9.53 Å². The molecule has 104 valence electrons. The van der Waals surface area contributed by atoms with Crippen LogP contribution in [0.2, 0.25) is 0 Å². The van der Waals surface area contributed by atoms with Crippen molar-refractivity contribution < 1.29 is 9.53 Å². The standard InChI is InChI=1S/C14H26N2O2/c1-11-5-2-3-7-13(11)18-10-14(17)16-12-6-4-8-15-9-12/h11-13,15H,2-10H2,1H3,(H,16,17)/t11?,12-,13?/m0/s1. The summed E-state index contributed by atoms with van der Waals surface area (Å²) >= 11 is 0. The monoisotopic (exact) mass is 254 g/mol. The second-order valence-electron chi connectivity index (χ2n) is 5.72. The van der Waals surface area contributed by atoms with Crippen LogP contribution in [0, 0.1) is 5.92 Å². The third kappa shape index (κ3) is 4.25. The van der Waals surface area contributed by atoms with Gasteiger partial charge in [-0.05, 0) is 38.1 Å². The number of carbonyl (C=O) groups is 1. The molecular weight excluding hydrogens is 228 g/mol. The normalized spacial score (nSPS) is 33.1. The van der Waals surface area contributed by atoms with Gasteiger partial charge in [0.15, 0.2) is 0 Å². The minimum Gasteiger partial charge on any atom is -0.368 e. The lowest BCUT2D eigenvalue weighted by atomic mass is 9.88. The number of hydrogen-bond acceptors (Lipinski definition) is 3. The summed E-state index contributed by atoms with van der Waals surface area (Å²) in [6.45, 7) is 4.42. The Morgan fingerprint density at radius 3 is 2.83 bits per heavy atom. The third-order valence-corrected chi connectivity index (χ3v) is 4.12. The van der Waals surface area contributed by atoms with Crippen LogP contribution in [0.25, 0.3) is 0 Å². The summed E-state index contributed by atoms with van der Waals surface area (Å²) in [5.74, 6) is 0.643. The fraction of sp³-hybridized carbons (Fsp3) is 0.929. The van der Waals surface area contributed by atoms with E-state index in [2.05, 4.69) is 17.6 Å². The lowest BCUT2D eigenvalue weighted by molar-refractivity contribution is -0.130. The van der Waals surface area contributed by atoms with Gasteiger partial charge in [-0.2, -0.15) is 0 Å². The van der Waals surface area contributed by atoms with Crippen molar-refractivity contribution in [2.75, 3.05) is 19.7 Å². The maximum absolute atomic E-state index is 11.8. The van der Waals surface area contributed by atoms with Crippen molar-refractivity contribution in [2.45, 2.75) is 57.6 Å². The summed E-state index contributed by atoms with van der Waals surface area (Å²) in [6.07, 6.45) is 7.40. The van der Waals surface area contributed by atoms with Gasteiger partial charge in [0.2, 0.25) is 5.91 Å². The molecule has 1 amide bonds. The first kappa shape index (κ1) is 13.8. The SMILES string of the molecule is CC1CCCCC1OCC(=O)N[C@H]1CCCNC1. The van der Waals surface area contributed by atoms with Crippen LogP contribution < -0.4 is 10.6 Å². The molecule has 2 rings (SSSR count). The Morgan fingerprint density at radius 2 is 2.11 bits per heavy atom. The van der Waals surface area contributed by atoms with E-state index in [1.165, 1.54) is 19.3 Å². The summed E-state index contributed by atoms with van der Waals surface area (Å²) in [5, 5.41) is 6.34. The summed E-state index contributed by atoms with van der Waals surface area (Å²) in [5.41, 5.74) is 0. The van der Waals surface area contributed by atoms with Crippen molar-refractivity contribution in [3.63, 3.8) is 0 Å². The molecule has 1 heterocycles. The smallest absolute Gasteiger partial charge is 0.246 e. The predicted molar refractivity (Wildman–Crippen MR) is 71.4 cm³/mol. The summed E-state index contributed by atoms with van der Waals surface area (Å²) in [4.78, 5) is 11.8. The fourth-order valence-corrected chi connectivity index (χ4v) is 2.96. The van der Waals surface area contributed by atoms with Crippen molar-refractivity contribution in [2.24, 2.45) is 5.92 Å². The van der Waals surface area contributed by atoms with E-state index in [9.17, 15) is 4.79 Å². The molecule has 1 aliphatic carbocycles. The van der Waals surface area contributed by atoms with Gasteiger partial charge in [0.1, 0.15) is 6.61 Å². The largest absolute Gasteiger partial charge is 0.368 e. The first-order chi connectivity index (χ1) is 8.75. The molecule has 1 saturated carbocycles. The number of amides is 1. The summed E-state index contributed by atoms with van der Waals surface area (Å²) < 4.78 is 5.77. The molecule has 0 aromatic heterocycles. The molecule has 4 nitrogen and oxygen atoms in total. The van der Waals surface area contributed by atoms with Crippen molar-refractivity contribution in [3.8, 4) is 0 Å². The van der Waals surface area contributed by atoms with Crippen molar-refractivity contribution in [1.82, 2.24) is 10.6 Å². The molecule has 2 aliphatic rings. The second-order valence-corrected chi connectivity index (χ2v) is 5.72. The average Bonchev–Trinajstić information content (AvgIpc) is 2.39. The van der Waals surface area contributed by atoms with Crippen LogP contribution in [0.5, 0.6) is 0 Å². The van der Waals surface area contributed by atoms with Gasteiger partial charge in [-0.15, -0.1) is 0 Å².